The Hall–Kier alpha value is -2.69. The molecule has 130 valence electrons. The van der Waals surface area contributed by atoms with Crippen LogP contribution in [0.15, 0.2) is 42.5 Å². The van der Waals surface area contributed by atoms with Gasteiger partial charge in [0, 0.05) is 0 Å². The summed E-state index contributed by atoms with van der Waals surface area (Å²) in [5.41, 5.74) is 2.54. The predicted octanol–water partition coefficient (Wildman–Crippen LogP) is 3.80. The van der Waals surface area contributed by atoms with Gasteiger partial charge in [-0.15, -0.1) is 0 Å². The quantitative estimate of drug-likeness (QED) is 0.861. The maximum atomic E-state index is 13.2. The third-order valence-corrected chi connectivity index (χ3v) is 4.67. The first-order chi connectivity index (χ1) is 11.9. The van der Waals surface area contributed by atoms with E-state index in [1.807, 2.05) is 39.0 Å². The number of benzene rings is 2. The Kier molecular flexibility index (Phi) is 4.33. The van der Waals surface area contributed by atoms with Gasteiger partial charge in [-0.2, -0.15) is 0 Å². The number of hydrogen-bond donors (Lipinski definition) is 1. The molecule has 5 heteroatoms. The SMILES string of the molecule is CCC1(c2ccc(F)cc2)NC(=O)N(Cc2cc(C)cc(C)c2)C1=O. The molecule has 2 aromatic carbocycles. The van der Waals surface area contributed by atoms with E-state index in [-0.39, 0.29) is 18.3 Å². The molecule has 1 aliphatic heterocycles. The summed E-state index contributed by atoms with van der Waals surface area (Å²) < 4.78 is 13.2. The molecule has 1 unspecified atom stereocenters. The van der Waals surface area contributed by atoms with Gasteiger partial charge in [0.25, 0.3) is 5.91 Å². The Morgan fingerprint density at radius 2 is 1.64 bits per heavy atom. The van der Waals surface area contributed by atoms with Gasteiger partial charge in [0.2, 0.25) is 0 Å². The zero-order chi connectivity index (χ0) is 18.2. The van der Waals surface area contributed by atoms with E-state index in [2.05, 4.69) is 5.32 Å². The molecular weight excluding hydrogens is 319 g/mol. The van der Waals surface area contributed by atoms with Crippen LogP contribution >= 0.6 is 0 Å². The number of aryl methyl sites for hydroxylation is 2. The number of carbonyl (C=O) groups excluding carboxylic acids is 2. The van der Waals surface area contributed by atoms with Gasteiger partial charge < -0.3 is 5.32 Å². The fourth-order valence-corrected chi connectivity index (χ4v) is 3.49. The second-order valence-corrected chi connectivity index (χ2v) is 6.58. The lowest BCUT2D eigenvalue weighted by molar-refractivity contribution is -0.132. The summed E-state index contributed by atoms with van der Waals surface area (Å²) in [7, 11) is 0. The van der Waals surface area contributed by atoms with Gasteiger partial charge in [-0.05, 0) is 43.5 Å². The van der Waals surface area contributed by atoms with Crippen LogP contribution in [0.3, 0.4) is 0 Å². The highest BCUT2D eigenvalue weighted by Crippen LogP contribution is 2.33. The Morgan fingerprint density at radius 1 is 1.04 bits per heavy atom. The van der Waals surface area contributed by atoms with Crippen molar-refractivity contribution in [3.8, 4) is 0 Å². The van der Waals surface area contributed by atoms with Crippen molar-refractivity contribution in [1.29, 1.82) is 0 Å². The second kappa shape index (κ2) is 6.31. The number of nitrogens with one attached hydrogen (secondary N) is 1. The molecule has 0 saturated carbocycles. The van der Waals surface area contributed by atoms with E-state index in [1.165, 1.54) is 17.0 Å². The van der Waals surface area contributed by atoms with Crippen molar-refractivity contribution in [1.82, 2.24) is 10.2 Å². The van der Waals surface area contributed by atoms with Crippen LogP contribution in [-0.2, 0) is 16.9 Å². The fraction of sp³-hybridized carbons (Fsp3) is 0.300. The molecule has 0 aromatic heterocycles. The van der Waals surface area contributed by atoms with Crippen LogP contribution in [0.1, 0.15) is 35.6 Å². The minimum Gasteiger partial charge on any atom is -0.319 e. The van der Waals surface area contributed by atoms with Crippen molar-refractivity contribution in [2.75, 3.05) is 0 Å². The number of carbonyl (C=O) groups is 2. The van der Waals surface area contributed by atoms with Crippen molar-refractivity contribution in [2.24, 2.45) is 0 Å². The van der Waals surface area contributed by atoms with E-state index in [0.717, 1.165) is 16.7 Å². The standard InChI is InChI=1S/C20H21FN2O2/c1-4-20(16-5-7-17(21)8-6-16)18(24)23(19(25)22-20)12-15-10-13(2)9-14(3)11-15/h5-11H,4,12H2,1-3H3,(H,22,25). The van der Waals surface area contributed by atoms with Crippen LogP contribution < -0.4 is 5.32 Å². The molecule has 1 fully saturated rings. The first-order valence-corrected chi connectivity index (χ1v) is 8.33. The number of hydrogen-bond acceptors (Lipinski definition) is 2. The molecule has 3 rings (SSSR count). The molecule has 0 bridgehead atoms. The molecule has 1 N–H and O–H groups in total. The van der Waals surface area contributed by atoms with Gasteiger partial charge in [-0.25, -0.2) is 9.18 Å². The van der Waals surface area contributed by atoms with E-state index in [4.69, 9.17) is 0 Å². The van der Waals surface area contributed by atoms with Crippen LogP contribution in [0, 0.1) is 19.7 Å². The van der Waals surface area contributed by atoms with Crippen LogP contribution in [0.4, 0.5) is 9.18 Å². The molecule has 25 heavy (non-hydrogen) atoms. The number of urea groups is 1. The number of halogens is 1. The van der Waals surface area contributed by atoms with E-state index >= 15 is 0 Å². The summed E-state index contributed by atoms with van der Waals surface area (Å²) in [4.78, 5) is 26.8. The zero-order valence-electron chi connectivity index (χ0n) is 14.6. The van der Waals surface area contributed by atoms with Gasteiger partial charge in [-0.1, -0.05) is 48.4 Å². The average molecular weight is 340 g/mol. The lowest BCUT2D eigenvalue weighted by atomic mass is 9.87. The van der Waals surface area contributed by atoms with Crippen molar-refractivity contribution in [2.45, 2.75) is 39.3 Å². The van der Waals surface area contributed by atoms with E-state index < -0.39 is 11.6 Å². The first-order valence-electron chi connectivity index (χ1n) is 8.33. The normalized spacial score (nSPS) is 20.1. The smallest absolute Gasteiger partial charge is 0.319 e. The average Bonchev–Trinajstić information content (AvgIpc) is 2.80. The molecule has 0 radical (unpaired) electrons. The molecule has 3 amide bonds. The van der Waals surface area contributed by atoms with Crippen LogP contribution in [0.5, 0.6) is 0 Å². The third-order valence-electron chi connectivity index (χ3n) is 4.67. The van der Waals surface area contributed by atoms with Crippen LogP contribution in [0.2, 0.25) is 0 Å². The number of imide groups is 1. The molecule has 2 aromatic rings. The molecule has 1 saturated heterocycles. The Balaban J connectivity index is 1.94. The molecule has 4 nitrogen and oxygen atoms in total. The lowest BCUT2D eigenvalue weighted by Crippen LogP contribution is -2.43. The van der Waals surface area contributed by atoms with Crippen molar-refractivity contribution < 1.29 is 14.0 Å². The van der Waals surface area contributed by atoms with Gasteiger partial charge in [0.15, 0.2) is 0 Å². The molecule has 1 heterocycles. The molecule has 1 atom stereocenters. The Labute approximate surface area is 146 Å². The number of amides is 3. The van der Waals surface area contributed by atoms with Gasteiger partial charge in [0.05, 0.1) is 6.54 Å². The highest BCUT2D eigenvalue weighted by molar-refractivity contribution is 6.07. The minimum atomic E-state index is -1.14. The maximum absolute atomic E-state index is 13.2. The molecule has 1 aliphatic rings. The number of rotatable bonds is 4. The highest BCUT2D eigenvalue weighted by Gasteiger charge is 2.51. The maximum Gasteiger partial charge on any atom is 0.325 e. The van der Waals surface area contributed by atoms with Crippen molar-refractivity contribution in [3.63, 3.8) is 0 Å². The number of nitrogens with zero attached hydrogens (tertiary/aromatic N) is 1. The Bertz CT molecular complexity index is 812. The van der Waals surface area contributed by atoms with Crippen molar-refractivity contribution >= 4 is 11.9 Å². The molecular formula is C20H21FN2O2. The molecule has 0 aliphatic carbocycles. The van der Waals surface area contributed by atoms with Crippen molar-refractivity contribution in [3.05, 3.63) is 70.5 Å². The summed E-state index contributed by atoms with van der Waals surface area (Å²) in [5, 5.41) is 2.82. The summed E-state index contributed by atoms with van der Waals surface area (Å²) in [5.74, 6) is -0.676. The zero-order valence-corrected chi connectivity index (χ0v) is 14.6. The predicted molar refractivity (Wildman–Crippen MR) is 93.4 cm³/mol. The summed E-state index contributed by atoms with van der Waals surface area (Å²) >= 11 is 0. The second-order valence-electron chi connectivity index (χ2n) is 6.58. The summed E-state index contributed by atoms with van der Waals surface area (Å²) in [6, 6.07) is 11.3. The van der Waals surface area contributed by atoms with Crippen LogP contribution in [0.25, 0.3) is 0 Å². The first kappa shape index (κ1) is 17.1. The summed E-state index contributed by atoms with van der Waals surface area (Å²) in [6.45, 7) is 6.02. The fourth-order valence-electron chi connectivity index (χ4n) is 3.49. The third kappa shape index (κ3) is 3.02. The minimum absolute atomic E-state index is 0.218. The van der Waals surface area contributed by atoms with E-state index in [9.17, 15) is 14.0 Å². The monoisotopic (exact) mass is 340 g/mol. The molecule has 0 spiro atoms. The van der Waals surface area contributed by atoms with Gasteiger partial charge >= 0.3 is 6.03 Å². The topological polar surface area (TPSA) is 49.4 Å². The summed E-state index contributed by atoms with van der Waals surface area (Å²) in [6.07, 6.45) is 0.395. The van der Waals surface area contributed by atoms with Gasteiger partial charge in [-0.3, -0.25) is 9.69 Å². The van der Waals surface area contributed by atoms with E-state index in [1.54, 1.807) is 12.1 Å². The van der Waals surface area contributed by atoms with E-state index in [0.29, 0.717) is 12.0 Å². The Morgan fingerprint density at radius 3 is 2.20 bits per heavy atom. The van der Waals surface area contributed by atoms with Gasteiger partial charge in [0.1, 0.15) is 11.4 Å². The largest absolute Gasteiger partial charge is 0.325 e. The highest BCUT2D eigenvalue weighted by atomic mass is 19.1. The van der Waals surface area contributed by atoms with Crippen LogP contribution in [-0.4, -0.2) is 16.8 Å². The lowest BCUT2D eigenvalue weighted by Gasteiger charge is -2.25.